The molecule has 112 valence electrons. The first kappa shape index (κ1) is 15.4. The van der Waals surface area contributed by atoms with E-state index in [2.05, 4.69) is 14.7 Å². The second kappa shape index (κ2) is 5.42. The first-order chi connectivity index (χ1) is 9.67. The molecule has 1 aromatic heterocycles. The molecule has 0 fully saturated rings. The maximum Gasteiger partial charge on any atom is 0.344 e. The van der Waals surface area contributed by atoms with E-state index in [9.17, 15) is 13.2 Å². The zero-order valence-electron chi connectivity index (χ0n) is 12.0. The van der Waals surface area contributed by atoms with Crippen molar-refractivity contribution in [2.75, 3.05) is 0 Å². The number of hydrogen-bond donors (Lipinski definition) is 2. The Bertz CT molecular complexity index is 784. The van der Waals surface area contributed by atoms with Crippen LogP contribution in [0, 0.1) is 0 Å². The molecule has 0 radical (unpaired) electrons. The largest absolute Gasteiger partial charge is 0.344 e. The van der Waals surface area contributed by atoms with Gasteiger partial charge in [0.2, 0.25) is 10.0 Å². The number of benzene rings is 1. The van der Waals surface area contributed by atoms with Crippen LogP contribution in [0.4, 0.5) is 0 Å². The molecular formula is C14H17N3O3S. The fraction of sp³-hybridized carbons (Fsp3) is 0.286. The maximum absolute atomic E-state index is 12.3. The van der Waals surface area contributed by atoms with Gasteiger partial charge in [-0.15, -0.1) is 0 Å². The van der Waals surface area contributed by atoms with E-state index in [0.29, 0.717) is 11.1 Å². The Morgan fingerprint density at radius 3 is 2.48 bits per heavy atom. The summed E-state index contributed by atoms with van der Waals surface area (Å²) in [6.45, 7) is 5.33. The van der Waals surface area contributed by atoms with E-state index < -0.39 is 21.3 Å². The van der Waals surface area contributed by atoms with Crippen LogP contribution in [0.15, 0.2) is 46.3 Å². The van der Waals surface area contributed by atoms with Crippen LogP contribution in [-0.2, 0) is 10.0 Å². The van der Waals surface area contributed by atoms with Crippen LogP contribution >= 0.6 is 0 Å². The molecule has 1 heterocycles. The number of nitrogens with zero attached hydrogens (tertiary/aromatic N) is 1. The zero-order chi connectivity index (χ0) is 15.7. The van der Waals surface area contributed by atoms with Gasteiger partial charge in [-0.1, -0.05) is 12.1 Å². The van der Waals surface area contributed by atoms with Crippen molar-refractivity contribution in [1.29, 1.82) is 0 Å². The van der Waals surface area contributed by atoms with Gasteiger partial charge in [-0.05, 0) is 38.5 Å². The lowest BCUT2D eigenvalue weighted by Crippen LogP contribution is -2.40. The molecule has 0 saturated heterocycles. The predicted molar refractivity (Wildman–Crippen MR) is 80.4 cm³/mol. The highest BCUT2D eigenvalue weighted by Gasteiger charge is 2.22. The summed E-state index contributed by atoms with van der Waals surface area (Å²) in [7, 11) is -3.60. The van der Waals surface area contributed by atoms with Crippen LogP contribution in [0.2, 0.25) is 0 Å². The summed E-state index contributed by atoms with van der Waals surface area (Å²) in [5.41, 5.74) is 0.295. The van der Waals surface area contributed by atoms with Crippen LogP contribution in [0.1, 0.15) is 20.8 Å². The number of aromatic nitrogens is 2. The van der Waals surface area contributed by atoms with Gasteiger partial charge >= 0.3 is 5.69 Å². The number of hydrogen-bond acceptors (Lipinski definition) is 4. The van der Waals surface area contributed by atoms with Gasteiger partial charge in [0, 0.05) is 23.5 Å². The van der Waals surface area contributed by atoms with E-state index in [1.54, 1.807) is 39.0 Å². The first-order valence-corrected chi connectivity index (χ1v) is 7.85. The van der Waals surface area contributed by atoms with Crippen molar-refractivity contribution in [3.8, 4) is 11.1 Å². The molecule has 0 unspecified atom stereocenters. The van der Waals surface area contributed by atoms with Gasteiger partial charge in [0.15, 0.2) is 0 Å². The van der Waals surface area contributed by atoms with Gasteiger partial charge in [-0.25, -0.2) is 22.9 Å². The molecule has 1 aromatic carbocycles. The number of aromatic amines is 1. The normalized spacial score (nSPS) is 12.3. The highest BCUT2D eigenvalue weighted by atomic mass is 32.2. The molecule has 0 aliphatic rings. The molecule has 6 nitrogen and oxygen atoms in total. The van der Waals surface area contributed by atoms with Gasteiger partial charge in [-0.3, -0.25) is 0 Å². The van der Waals surface area contributed by atoms with Crippen molar-refractivity contribution < 1.29 is 8.42 Å². The SMILES string of the molecule is CC(C)(C)NS(=O)(=O)c1cccc(-c2cnc(=O)[nH]c2)c1. The molecule has 0 aliphatic heterocycles. The van der Waals surface area contributed by atoms with Crippen molar-refractivity contribution in [2.24, 2.45) is 0 Å². The Labute approximate surface area is 123 Å². The lowest BCUT2D eigenvalue weighted by atomic mass is 10.1. The van der Waals surface area contributed by atoms with Crippen molar-refractivity contribution in [2.45, 2.75) is 31.2 Å². The Balaban J connectivity index is 2.42. The van der Waals surface area contributed by atoms with Crippen LogP contribution in [0.3, 0.4) is 0 Å². The Kier molecular flexibility index (Phi) is 3.97. The third-order valence-corrected chi connectivity index (χ3v) is 4.35. The van der Waals surface area contributed by atoms with Crippen LogP contribution < -0.4 is 10.4 Å². The second-order valence-electron chi connectivity index (χ2n) is 5.69. The van der Waals surface area contributed by atoms with Gasteiger partial charge < -0.3 is 4.98 Å². The molecule has 0 bridgehead atoms. The summed E-state index contributed by atoms with van der Waals surface area (Å²) in [6.07, 6.45) is 2.90. The average molecular weight is 307 g/mol. The standard InChI is InChI=1S/C14H17N3O3S/c1-14(2,3)17-21(19,20)12-6-4-5-10(7-12)11-8-15-13(18)16-9-11/h4-9,17H,1-3H3,(H,15,16,18). The monoisotopic (exact) mass is 307 g/mol. The molecule has 21 heavy (non-hydrogen) atoms. The lowest BCUT2D eigenvalue weighted by Gasteiger charge is -2.20. The smallest absolute Gasteiger partial charge is 0.312 e. The van der Waals surface area contributed by atoms with Crippen molar-refractivity contribution in [3.63, 3.8) is 0 Å². The summed E-state index contributed by atoms with van der Waals surface area (Å²) in [4.78, 5) is 17.2. The fourth-order valence-electron chi connectivity index (χ4n) is 1.80. The highest BCUT2D eigenvalue weighted by Crippen LogP contribution is 2.21. The highest BCUT2D eigenvalue weighted by molar-refractivity contribution is 7.89. The topological polar surface area (TPSA) is 91.9 Å². The molecule has 0 amide bonds. The molecule has 0 spiro atoms. The van der Waals surface area contributed by atoms with E-state index in [1.807, 2.05) is 0 Å². The maximum atomic E-state index is 12.3. The lowest BCUT2D eigenvalue weighted by molar-refractivity contribution is 0.491. The molecule has 2 N–H and O–H groups in total. The Hall–Kier alpha value is -1.99. The fourth-order valence-corrected chi connectivity index (χ4v) is 3.27. The van der Waals surface area contributed by atoms with Crippen LogP contribution in [-0.4, -0.2) is 23.9 Å². The summed E-state index contributed by atoms with van der Waals surface area (Å²) in [5.74, 6) is 0. The van der Waals surface area contributed by atoms with E-state index in [-0.39, 0.29) is 4.90 Å². The minimum Gasteiger partial charge on any atom is -0.312 e. The van der Waals surface area contributed by atoms with Crippen molar-refractivity contribution in [3.05, 3.63) is 47.1 Å². The Morgan fingerprint density at radius 2 is 1.90 bits per heavy atom. The zero-order valence-corrected chi connectivity index (χ0v) is 12.9. The second-order valence-corrected chi connectivity index (χ2v) is 7.37. The van der Waals surface area contributed by atoms with E-state index >= 15 is 0 Å². The van der Waals surface area contributed by atoms with E-state index in [4.69, 9.17) is 0 Å². The molecule has 7 heteroatoms. The van der Waals surface area contributed by atoms with Gasteiger partial charge in [0.25, 0.3) is 0 Å². The number of rotatable bonds is 3. The van der Waals surface area contributed by atoms with Gasteiger partial charge in [0.05, 0.1) is 4.90 Å². The van der Waals surface area contributed by atoms with Gasteiger partial charge in [-0.2, -0.15) is 0 Å². The molecule has 0 atom stereocenters. The quantitative estimate of drug-likeness (QED) is 0.899. The molecule has 0 saturated carbocycles. The molecule has 0 aliphatic carbocycles. The molecular weight excluding hydrogens is 290 g/mol. The summed E-state index contributed by atoms with van der Waals surface area (Å²) >= 11 is 0. The average Bonchev–Trinajstić information content (AvgIpc) is 2.37. The predicted octanol–water partition coefficient (Wildman–Crippen LogP) is 1.51. The first-order valence-electron chi connectivity index (χ1n) is 6.36. The summed E-state index contributed by atoms with van der Waals surface area (Å²) in [5, 5.41) is 0. The van der Waals surface area contributed by atoms with Crippen molar-refractivity contribution >= 4 is 10.0 Å². The van der Waals surface area contributed by atoms with Crippen LogP contribution in [0.25, 0.3) is 11.1 Å². The third-order valence-electron chi connectivity index (χ3n) is 2.59. The summed E-state index contributed by atoms with van der Waals surface area (Å²) in [6, 6.07) is 6.48. The minimum absolute atomic E-state index is 0.168. The minimum atomic E-state index is -3.60. The number of H-pyrrole nitrogens is 1. The Morgan fingerprint density at radius 1 is 1.19 bits per heavy atom. The molecule has 2 rings (SSSR count). The van der Waals surface area contributed by atoms with E-state index in [1.165, 1.54) is 18.5 Å². The molecule has 2 aromatic rings. The number of nitrogens with one attached hydrogen (secondary N) is 2. The van der Waals surface area contributed by atoms with Crippen LogP contribution in [0.5, 0.6) is 0 Å². The summed E-state index contributed by atoms with van der Waals surface area (Å²) < 4.78 is 27.2. The third kappa shape index (κ3) is 3.99. The van der Waals surface area contributed by atoms with E-state index in [0.717, 1.165) is 0 Å². The van der Waals surface area contributed by atoms with Crippen molar-refractivity contribution in [1.82, 2.24) is 14.7 Å². The number of sulfonamides is 1. The van der Waals surface area contributed by atoms with Gasteiger partial charge in [0.1, 0.15) is 0 Å².